The number of hydrogen-bond donors (Lipinski definition) is 0. The molecule has 1 aliphatic heterocycles. The van der Waals surface area contributed by atoms with Crippen LogP contribution in [0.1, 0.15) is 92.9 Å². The van der Waals surface area contributed by atoms with Crippen molar-refractivity contribution in [2.45, 2.75) is 78.2 Å². The molecule has 0 saturated heterocycles. The van der Waals surface area contributed by atoms with Crippen LogP contribution in [0.15, 0.2) is 84.9 Å². The lowest BCUT2D eigenvalue weighted by molar-refractivity contribution is 0.0724. The summed E-state index contributed by atoms with van der Waals surface area (Å²) in [6.45, 7) is 7.89. The molecular weight excluding hydrogens is 620 g/mol. The molecular formula is C41H46O8. The minimum atomic E-state index is -0.498. The molecule has 4 aromatic carbocycles. The molecule has 0 aliphatic carbocycles. The largest absolute Gasteiger partial charge is 0.494 e. The number of esters is 2. The summed E-state index contributed by atoms with van der Waals surface area (Å²) in [5, 5.41) is 0. The highest BCUT2D eigenvalue weighted by Crippen LogP contribution is 2.42. The molecule has 8 nitrogen and oxygen atoms in total. The van der Waals surface area contributed by atoms with Crippen molar-refractivity contribution in [1.82, 2.24) is 0 Å². The van der Waals surface area contributed by atoms with Crippen LogP contribution in [0, 0.1) is 0 Å². The Hall–Kier alpha value is -4.98. The molecule has 0 spiro atoms. The lowest BCUT2D eigenvalue weighted by atomic mass is 10.0. The van der Waals surface area contributed by atoms with Gasteiger partial charge in [0.05, 0.1) is 24.3 Å². The maximum Gasteiger partial charge on any atom is 0.343 e. The molecule has 8 heteroatoms. The standard InChI is InChI=1S/C41H46O8/c1-4-6-8-10-24-44-32-16-12-30(13-17-32)40(42)48-34-20-22-38-36(26-34)37-27-35(21-23-39(37)47-29(3)28-46-38)49-41(43)31-14-18-33(19-15-31)45-25-11-9-7-5-2/h12-23,26-27,29H,4-11,24-25,28H2,1-3H3. The van der Waals surface area contributed by atoms with Crippen molar-refractivity contribution >= 4 is 11.9 Å². The lowest BCUT2D eigenvalue weighted by Gasteiger charge is -2.24. The molecule has 0 amide bonds. The summed E-state index contributed by atoms with van der Waals surface area (Å²) in [5.41, 5.74) is 2.08. The van der Waals surface area contributed by atoms with Gasteiger partial charge in [-0.15, -0.1) is 0 Å². The zero-order valence-corrected chi connectivity index (χ0v) is 28.7. The van der Waals surface area contributed by atoms with Gasteiger partial charge in [-0.05, 0) is 105 Å². The average molecular weight is 667 g/mol. The van der Waals surface area contributed by atoms with Crippen LogP contribution in [0.2, 0.25) is 0 Å². The van der Waals surface area contributed by atoms with Gasteiger partial charge in [-0.1, -0.05) is 52.4 Å². The van der Waals surface area contributed by atoms with Gasteiger partial charge in [0.15, 0.2) is 0 Å². The van der Waals surface area contributed by atoms with Crippen LogP contribution in [0.4, 0.5) is 0 Å². The van der Waals surface area contributed by atoms with Crippen LogP contribution in [0.3, 0.4) is 0 Å². The van der Waals surface area contributed by atoms with Crippen LogP contribution in [-0.2, 0) is 0 Å². The van der Waals surface area contributed by atoms with Crippen LogP contribution in [0.25, 0.3) is 11.1 Å². The number of carbonyl (C=O) groups is 2. The van der Waals surface area contributed by atoms with E-state index in [9.17, 15) is 9.59 Å². The molecule has 0 aromatic heterocycles. The molecule has 0 fully saturated rings. The minimum absolute atomic E-state index is 0.228. The van der Waals surface area contributed by atoms with Crippen LogP contribution >= 0.6 is 0 Å². The molecule has 0 bridgehead atoms. The molecule has 0 N–H and O–H groups in total. The van der Waals surface area contributed by atoms with Gasteiger partial charge in [0.25, 0.3) is 0 Å². The number of rotatable bonds is 16. The SMILES string of the molecule is CCCCCCOc1ccc(C(=O)Oc2ccc3c(c2)-c2cc(OC(=O)c4ccc(OCCCCCC)cc4)ccc2OC(C)CO3)cc1. The molecule has 0 radical (unpaired) electrons. The first-order valence-electron chi connectivity index (χ1n) is 17.4. The summed E-state index contributed by atoms with van der Waals surface area (Å²) < 4.78 is 35.4. The van der Waals surface area contributed by atoms with E-state index >= 15 is 0 Å². The number of hydrogen-bond acceptors (Lipinski definition) is 8. The summed E-state index contributed by atoms with van der Waals surface area (Å²) >= 11 is 0. The molecule has 1 unspecified atom stereocenters. The Morgan fingerprint density at radius 3 is 1.53 bits per heavy atom. The van der Waals surface area contributed by atoms with Gasteiger partial charge >= 0.3 is 11.9 Å². The van der Waals surface area contributed by atoms with Gasteiger partial charge in [-0.3, -0.25) is 0 Å². The number of carbonyl (C=O) groups excluding carboxylic acids is 2. The minimum Gasteiger partial charge on any atom is -0.494 e. The van der Waals surface area contributed by atoms with E-state index in [-0.39, 0.29) is 6.10 Å². The average Bonchev–Trinajstić information content (AvgIpc) is 3.11. The summed E-state index contributed by atoms with van der Waals surface area (Å²) in [4.78, 5) is 26.2. The fourth-order valence-electron chi connectivity index (χ4n) is 5.40. The summed E-state index contributed by atoms with van der Waals surface area (Å²) in [6.07, 6.45) is 8.79. The molecule has 49 heavy (non-hydrogen) atoms. The van der Waals surface area contributed by atoms with E-state index in [0.717, 1.165) is 25.7 Å². The Balaban J connectivity index is 1.27. The van der Waals surface area contributed by atoms with E-state index < -0.39 is 11.9 Å². The number of unbranched alkanes of at least 4 members (excludes halogenated alkanes) is 6. The van der Waals surface area contributed by atoms with Crippen molar-refractivity contribution in [3.8, 4) is 45.6 Å². The molecule has 0 saturated carbocycles. The predicted molar refractivity (Wildman–Crippen MR) is 190 cm³/mol. The monoisotopic (exact) mass is 666 g/mol. The fraction of sp³-hybridized carbons (Fsp3) is 0.366. The van der Waals surface area contributed by atoms with Crippen molar-refractivity contribution in [1.29, 1.82) is 0 Å². The normalized spacial score (nSPS) is 13.4. The Kier molecular flexibility index (Phi) is 13.0. The third-order valence-electron chi connectivity index (χ3n) is 8.13. The third kappa shape index (κ3) is 10.3. The Labute approximate surface area is 289 Å². The van der Waals surface area contributed by atoms with Crippen molar-refractivity contribution in [3.05, 3.63) is 96.1 Å². The van der Waals surface area contributed by atoms with E-state index in [1.165, 1.54) is 25.7 Å². The van der Waals surface area contributed by atoms with Crippen molar-refractivity contribution in [2.24, 2.45) is 0 Å². The van der Waals surface area contributed by atoms with Gasteiger partial charge in [0.1, 0.15) is 47.2 Å². The lowest BCUT2D eigenvalue weighted by Crippen LogP contribution is -2.23. The predicted octanol–water partition coefficient (Wildman–Crippen LogP) is 9.87. The highest BCUT2D eigenvalue weighted by Gasteiger charge is 2.22. The van der Waals surface area contributed by atoms with Crippen LogP contribution in [-0.4, -0.2) is 37.9 Å². The van der Waals surface area contributed by atoms with Gasteiger partial charge in [-0.2, -0.15) is 0 Å². The van der Waals surface area contributed by atoms with Crippen LogP contribution < -0.4 is 28.4 Å². The second-order valence-electron chi connectivity index (χ2n) is 12.2. The highest BCUT2D eigenvalue weighted by molar-refractivity contribution is 5.92. The highest BCUT2D eigenvalue weighted by atomic mass is 16.5. The zero-order valence-electron chi connectivity index (χ0n) is 28.7. The van der Waals surface area contributed by atoms with E-state index in [1.54, 1.807) is 84.9 Å². The first-order valence-corrected chi connectivity index (χ1v) is 17.4. The first-order chi connectivity index (χ1) is 23.9. The fourth-order valence-corrected chi connectivity index (χ4v) is 5.40. The molecule has 1 heterocycles. The van der Waals surface area contributed by atoms with Gasteiger partial charge in [-0.25, -0.2) is 9.59 Å². The topological polar surface area (TPSA) is 89.5 Å². The van der Waals surface area contributed by atoms with E-state index in [0.29, 0.717) is 76.6 Å². The molecule has 5 rings (SSSR count). The van der Waals surface area contributed by atoms with E-state index in [1.807, 2.05) is 6.92 Å². The zero-order chi connectivity index (χ0) is 34.4. The summed E-state index contributed by atoms with van der Waals surface area (Å²) in [7, 11) is 0. The van der Waals surface area contributed by atoms with E-state index in [2.05, 4.69) is 13.8 Å². The second-order valence-corrected chi connectivity index (χ2v) is 12.2. The van der Waals surface area contributed by atoms with Crippen LogP contribution in [0.5, 0.6) is 34.5 Å². The Morgan fingerprint density at radius 1 is 0.592 bits per heavy atom. The smallest absolute Gasteiger partial charge is 0.343 e. The van der Waals surface area contributed by atoms with Crippen molar-refractivity contribution in [2.75, 3.05) is 19.8 Å². The number of fused-ring (bicyclic) bond motifs is 3. The molecule has 1 aliphatic rings. The van der Waals surface area contributed by atoms with E-state index in [4.69, 9.17) is 28.4 Å². The quantitative estimate of drug-likeness (QED) is 0.0663. The second kappa shape index (κ2) is 18.0. The van der Waals surface area contributed by atoms with Gasteiger partial charge in [0, 0.05) is 11.1 Å². The molecule has 258 valence electrons. The molecule has 4 aromatic rings. The maximum absolute atomic E-state index is 13.1. The Bertz CT molecular complexity index is 1660. The summed E-state index contributed by atoms with van der Waals surface area (Å²) in [6, 6.07) is 24.3. The molecule has 1 atom stereocenters. The summed E-state index contributed by atoms with van der Waals surface area (Å²) in [5.74, 6) is 2.27. The van der Waals surface area contributed by atoms with Gasteiger partial charge < -0.3 is 28.4 Å². The maximum atomic E-state index is 13.1. The van der Waals surface area contributed by atoms with Crippen molar-refractivity contribution < 1.29 is 38.0 Å². The Morgan fingerprint density at radius 2 is 1.04 bits per heavy atom. The third-order valence-corrected chi connectivity index (χ3v) is 8.13. The van der Waals surface area contributed by atoms with Gasteiger partial charge in [0.2, 0.25) is 0 Å². The van der Waals surface area contributed by atoms with Crippen molar-refractivity contribution in [3.63, 3.8) is 0 Å². The number of benzene rings is 4. The first kappa shape index (κ1) is 35.3. The number of ether oxygens (including phenoxy) is 6.